The fraction of sp³-hybridized carbons (Fsp3) is 0.444. The van der Waals surface area contributed by atoms with E-state index in [2.05, 4.69) is 19.7 Å². The molecule has 0 aliphatic heterocycles. The van der Waals surface area contributed by atoms with Crippen LogP contribution in [0.5, 0.6) is 0 Å². The normalized spacial score (nSPS) is 7.73. The molecule has 0 aliphatic rings. The largest absolute Gasteiger partial charge is 0.478 e. The van der Waals surface area contributed by atoms with Gasteiger partial charge in [0.15, 0.2) is 0 Å². The van der Waals surface area contributed by atoms with Gasteiger partial charge < -0.3 is 5.11 Å². The molecule has 2 heteroatoms. The van der Waals surface area contributed by atoms with E-state index in [9.17, 15) is 4.79 Å². The molecule has 0 fully saturated rings. The topological polar surface area (TPSA) is 37.3 Å². The maximum absolute atomic E-state index is 10.1. The number of carboxylic acids is 1. The first-order valence-corrected chi connectivity index (χ1v) is 3.59. The van der Waals surface area contributed by atoms with Crippen molar-refractivity contribution in [1.29, 1.82) is 0 Å². The molecule has 64 valence electrons. The van der Waals surface area contributed by atoms with Crippen LogP contribution in [0, 0.1) is 0 Å². The molecule has 0 heterocycles. The van der Waals surface area contributed by atoms with Crippen LogP contribution < -0.4 is 0 Å². The molecule has 0 aliphatic carbocycles. The molecule has 1 N–H and O–H groups in total. The summed E-state index contributed by atoms with van der Waals surface area (Å²) >= 11 is 0. The van der Waals surface area contributed by atoms with Gasteiger partial charge in [0.25, 0.3) is 0 Å². The van der Waals surface area contributed by atoms with Crippen LogP contribution in [0.2, 0.25) is 0 Å². The number of hydrogen-bond acceptors (Lipinski definition) is 1. The summed E-state index contributed by atoms with van der Waals surface area (Å²) in [5.41, 5.74) is 0.317. The second-order valence-corrected chi connectivity index (χ2v) is 2.01. The van der Waals surface area contributed by atoms with Gasteiger partial charge in [0.05, 0.1) is 0 Å². The van der Waals surface area contributed by atoms with Gasteiger partial charge in [-0.05, 0) is 12.8 Å². The Morgan fingerprint density at radius 2 is 1.91 bits per heavy atom. The van der Waals surface area contributed by atoms with E-state index in [1.54, 1.807) is 0 Å². The Bertz CT molecular complexity index is 128. The summed E-state index contributed by atoms with van der Waals surface area (Å²) in [4.78, 5) is 10.1. The fourth-order valence-corrected chi connectivity index (χ4v) is 0.497. The van der Waals surface area contributed by atoms with Crippen LogP contribution in [-0.2, 0) is 4.79 Å². The lowest BCUT2D eigenvalue weighted by atomic mass is 10.1. The van der Waals surface area contributed by atoms with Gasteiger partial charge in [0.1, 0.15) is 0 Å². The van der Waals surface area contributed by atoms with E-state index in [1.807, 2.05) is 6.92 Å². The van der Waals surface area contributed by atoms with E-state index in [-0.39, 0.29) is 0 Å². The molecule has 2 nitrogen and oxygen atoms in total. The Morgan fingerprint density at radius 1 is 1.45 bits per heavy atom. The lowest BCUT2D eigenvalue weighted by molar-refractivity contribution is -0.132. The van der Waals surface area contributed by atoms with Gasteiger partial charge >= 0.3 is 5.97 Å². The van der Waals surface area contributed by atoms with Crippen molar-refractivity contribution in [3.05, 3.63) is 25.3 Å². The molecule has 0 aromatic rings. The zero-order valence-electron chi connectivity index (χ0n) is 7.10. The maximum atomic E-state index is 10.1. The van der Waals surface area contributed by atoms with Crippen LogP contribution >= 0.6 is 0 Å². The summed E-state index contributed by atoms with van der Waals surface area (Å²) in [6.07, 6.45) is 2.56. The summed E-state index contributed by atoms with van der Waals surface area (Å²) in [6.45, 7) is 11.4. The number of hydrogen-bond donors (Lipinski definition) is 1. The molecule has 0 aromatic heterocycles. The molecular weight excluding hydrogens is 140 g/mol. The highest BCUT2D eigenvalue weighted by Gasteiger charge is 2.00. The molecule has 0 radical (unpaired) electrons. The second-order valence-electron chi connectivity index (χ2n) is 2.01. The minimum Gasteiger partial charge on any atom is -0.478 e. The molecule has 11 heavy (non-hydrogen) atoms. The third kappa shape index (κ3) is 8.95. The van der Waals surface area contributed by atoms with Gasteiger partial charge in [-0.2, -0.15) is 0 Å². The van der Waals surface area contributed by atoms with Crippen molar-refractivity contribution in [2.24, 2.45) is 0 Å². The van der Waals surface area contributed by atoms with Crippen molar-refractivity contribution in [3.8, 4) is 0 Å². The van der Waals surface area contributed by atoms with Crippen LogP contribution in [0.15, 0.2) is 25.3 Å². The van der Waals surface area contributed by atoms with Crippen LogP contribution in [-0.4, -0.2) is 11.1 Å². The summed E-state index contributed by atoms with van der Waals surface area (Å²) in [6, 6.07) is 0. The number of aliphatic carboxylic acids is 1. The van der Waals surface area contributed by atoms with Gasteiger partial charge in [-0.1, -0.05) is 19.9 Å². The Labute approximate surface area is 68.2 Å². The monoisotopic (exact) mass is 156 g/mol. The van der Waals surface area contributed by atoms with E-state index < -0.39 is 5.97 Å². The molecule has 0 atom stereocenters. The van der Waals surface area contributed by atoms with Gasteiger partial charge in [-0.25, -0.2) is 4.79 Å². The van der Waals surface area contributed by atoms with E-state index in [0.29, 0.717) is 12.0 Å². The first kappa shape index (κ1) is 12.6. The third-order valence-electron chi connectivity index (χ3n) is 1.13. The molecule has 0 saturated heterocycles. The summed E-state index contributed by atoms with van der Waals surface area (Å²) in [5.74, 6) is -0.872. The number of unbranched alkanes of at least 4 members (excludes halogenated alkanes) is 1. The maximum Gasteiger partial charge on any atom is 0.330 e. The predicted molar refractivity (Wildman–Crippen MR) is 47.6 cm³/mol. The lowest BCUT2D eigenvalue weighted by Crippen LogP contribution is -1.97. The highest BCUT2D eigenvalue weighted by molar-refractivity contribution is 5.85. The smallest absolute Gasteiger partial charge is 0.330 e. The minimum absolute atomic E-state index is 0.317. The van der Waals surface area contributed by atoms with Crippen molar-refractivity contribution in [2.75, 3.05) is 0 Å². The van der Waals surface area contributed by atoms with Gasteiger partial charge in [-0.15, -0.1) is 13.2 Å². The molecular formula is C9H16O2. The Morgan fingerprint density at radius 3 is 2.18 bits per heavy atom. The quantitative estimate of drug-likeness (QED) is 0.502. The van der Waals surface area contributed by atoms with Crippen molar-refractivity contribution in [1.82, 2.24) is 0 Å². The lowest BCUT2D eigenvalue weighted by Gasteiger charge is -1.95. The molecule has 0 rings (SSSR count). The van der Waals surface area contributed by atoms with E-state index in [4.69, 9.17) is 5.11 Å². The SMILES string of the molecule is C=C.C=C(CCCC)C(=O)O. The molecule has 0 amide bonds. The van der Waals surface area contributed by atoms with E-state index in [1.165, 1.54) is 0 Å². The zero-order chi connectivity index (χ0) is 9.28. The van der Waals surface area contributed by atoms with Crippen LogP contribution in [0.1, 0.15) is 26.2 Å². The van der Waals surface area contributed by atoms with Crippen LogP contribution in [0.25, 0.3) is 0 Å². The van der Waals surface area contributed by atoms with Crippen molar-refractivity contribution >= 4 is 5.97 Å². The fourth-order valence-electron chi connectivity index (χ4n) is 0.497. The standard InChI is InChI=1S/C7H12O2.C2H4/c1-3-4-5-6(2)7(8)9;1-2/h2-5H2,1H3,(H,8,9);1-2H2. The highest BCUT2D eigenvalue weighted by atomic mass is 16.4. The Kier molecular flexibility index (Phi) is 10.3. The summed E-state index contributed by atoms with van der Waals surface area (Å²) in [5, 5.41) is 8.31. The van der Waals surface area contributed by atoms with Crippen LogP contribution in [0.3, 0.4) is 0 Å². The third-order valence-corrected chi connectivity index (χ3v) is 1.13. The first-order valence-electron chi connectivity index (χ1n) is 3.59. The number of carbonyl (C=O) groups is 1. The first-order chi connectivity index (χ1) is 5.18. The minimum atomic E-state index is -0.872. The van der Waals surface area contributed by atoms with Crippen molar-refractivity contribution in [3.63, 3.8) is 0 Å². The predicted octanol–water partition coefficient (Wildman–Crippen LogP) is 2.62. The van der Waals surface area contributed by atoms with Crippen LogP contribution in [0.4, 0.5) is 0 Å². The molecule has 0 spiro atoms. The van der Waals surface area contributed by atoms with Gasteiger partial charge in [0, 0.05) is 5.57 Å². The Balaban J connectivity index is 0. The second kappa shape index (κ2) is 8.95. The highest BCUT2D eigenvalue weighted by Crippen LogP contribution is 2.03. The summed E-state index contributed by atoms with van der Waals surface area (Å²) in [7, 11) is 0. The average Bonchev–Trinajstić information content (AvgIpc) is 2.03. The van der Waals surface area contributed by atoms with Gasteiger partial charge in [0.2, 0.25) is 0 Å². The number of carboxylic acid groups (broad SMARTS) is 1. The van der Waals surface area contributed by atoms with Crippen molar-refractivity contribution in [2.45, 2.75) is 26.2 Å². The molecule has 0 saturated carbocycles. The number of rotatable bonds is 4. The molecule has 0 unspecified atom stereocenters. The van der Waals surface area contributed by atoms with Gasteiger partial charge in [-0.3, -0.25) is 0 Å². The molecule has 0 bridgehead atoms. The average molecular weight is 156 g/mol. The zero-order valence-corrected chi connectivity index (χ0v) is 7.10. The Hall–Kier alpha value is -1.05. The van der Waals surface area contributed by atoms with E-state index >= 15 is 0 Å². The van der Waals surface area contributed by atoms with E-state index in [0.717, 1.165) is 12.8 Å². The molecule has 0 aromatic carbocycles. The van der Waals surface area contributed by atoms with Crippen molar-refractivity contribution < 1.29 is 9.90 Å². The summed E-state index contributed by atoms with van der Waals surface area (Å²) < 4.78 is 0.